The Morgan fingerprint density at radius 2 is 1.96 bits per heavy atom. The smallest absolute Gasteiger partial charge is 0.303 e. The lowest BCUT2D eigenvalue weighted by Gasteiger charge is -2.09. The molecule has 7 N–H and O–H groups in total. The van der Waals surface area contributed by atoms with Crippen molar-refractivity contribution >= 4 is 46.5 Å². The van der Waals surface area contributed by atoms with Crippen molar-refractivity contribution in [1.29, 1.82) is 5.41 Å². The summed E-state index contributed by atoms with van der Waals surface area (Å²) in [6.07, 6.45) is 0.302. The zero-order valence-electron chi connectivity index (χ0n) is 15.2. The molecule has 0 saturated carbocycles. The number of aliphatic carboxylic acids is 1. The number of hydrogen-bond donors (Lipinski definition) is 6. The molecule has 2 amide bonds. The second-order valence-electron chi connectivity index (χ2n) is 5.94. The van der Waals surface area contributed by atoms with Gasteiger partial charge in [0.1, 0.15) is 0 Å². The van der Waals surface area contributed by atoms with Crippen molar-refractivity contribution < 1.29 is 19.5 Å². The van der Waals surface area contributed by atoms with Crippen LogP contribution in [0.2, 0.25) is 0 Å². The van der Waals surface area contributed by atoms with Crippen LogP contribution in [0.25, 0.3) is 0 Å². The van der Waals surface area contributed by atoms with E-state index in [0.717, 1.165) is 9.75 Å². The highest BCUT2D eigenvalue weighted by Crippen LogP contribution is 2.28. The van der Waals surface area contributed by atoms with Crippen LogP contribution >= 0.6 is 11.3 Å². The van der Waals surface area contributed by atoms with Gasteiger partial charge in [0.05, 0.1) is 18.7 Å². The van der Waals surface area contributed by atoms with Gasteiger partial charge in [-0.05, 0) is 37.6 Å². The minimum atomic E-state index is -0.905. The lowest BCUT2D eigenvalue weighted by Crippen LogP contribution is -2.33. The second-order valence-corrected chi connectivity index (χ2v) is 7.28. The summed E-state index contributed by atoms with van der Waals surface area (Å²) in [5.74, 6) is -2.02. The number of nitrogens with one attached hydrogen (secondary N) is 4. The normalized spacial score (nSPS) is 10.2. The van der Waals surface area contributed by atoms with Crippen molar-refractivity contribution in [3.05, 3.63) is 45.6 Å². The molecule has 1 aromatic carbocycles. The molecule has 1 heterocycles. The van der Waals surface area contributed by atoms with Gasteiger partial charge in [-0.15, -0.1) is 11.3 Å². The van der Waals surface area contributed by atoms with E-state index in [1.807, 2.05) is 6.92 Å². The number of hydrogen-bond acceptors (Lipinski definition) is 5. The van der Waals surface area contributed by atoms with Gasteiger partial charge in [0.15, 0.2) is 5.96 Å². The number of carbonyl (C=O) groups is 3. The van der Waals surface area contributed by atoms with Crippen molar-refractivity contribution in [3.63, 3.8) is 0 Å². The Morgan fingerprint density at radius 3 is 2.64 bits per heavy atom. The minimum absolute atomic E-state index is 0.0236. The third-order valence-corrected chi connectivity index (χ3v) is 4.70. The van der Waals surface area contributed by atoms with Crippen LogP contribution in [-0.2, 0) is 16.0 Å². The molecule has 0 aliphatic heterocycles. The molecule has 0 unspecified atom stereocenters. The molecule has 148 valence electrons. The first kappa shape index (κ1) is 20.9. The minimum Gasteiger partial charge on any atom is -0.481 e. The first-order valence-electron chi connectivity index (χ1n) is 8.35. The first-order chi connectivity index (χ1) is 13.2. The highest BCUT2D eigenvalue weighted by atomic mass is 32.1. The molecule has 0 spiro atoms. The van der Waals surface area contributed by atoms with Crippen LogP contribution in [-0.4, -0.2) is 35.4 Å². The van der Waals surface area contributed by atoms with Crippen molar-refractivity contribution in [1.82, 2.24) is 5.32 Å². The van der Waals surface area contributed by atoms with Crippen molar-refractivity contribution in [3.8, 4) is 0 Å². The van der Waals surface area contributed by atoms with Crippen LogP contribution < -0.4 is 21.7 Å². The van der Waals surface area contributed by atoms with Crippen LogP contribution in [0.1, 0.15) is 26.5 Å². The fourth-order valence-corrected chi connectivity index (χ4v) is 3.41. The van der Waals surface area contributed by atoms with Crippen molar-refractivity contribution in [2.24, 2.45) is 5.73 Å². The predicted octanol–water partition coefficient (Wildman–Crippen LogP) is 1.75. The number of anilines is 2. The summed E-state index contributed by atoms with van der Waals surface area (Å²) in [6.45, 7) is 1.63. The van der Waals surface area contributed by atoms with Gasteiger partial charge in [0.25, 0.3) is 5.91 Å². The van der Waals surface area contributed by atoms with Gasteiger partial charge in [-0.2, -0.15) is 0 Å². The van der Waals surface area contributed by atoms with Crippen LogP contribution in [0.15, 0.2) is 30.3 Å². The summed E-state index contributed by atoms with van der Waals surface area (Å²) in [5, 5.41) is 23.8. The van der Waals surface area contributed by atoms with E-state index in [4.69, 9.17) is 16.2 Å². The maximum atomic E-state index is 12.2. The molecule has 0 fully saturated rings. The molecule has 28 heavy (non-hydrogen) atoms. The average molecular weight is 403 g/mol. The molecule has 0 aliphatic rings. The molecule has 0 atom stereocenters. The molecule has 0 aliphatic carbocycles. The topological polar surface area (TPSA) is 157 Å². The lowest BCUT2D eigenvalue weighted by atomic mass is 10.2. The molecule has 10 heteroatoms. The highest BCUT2D eigenvalue weighted by molar-refractivity contribution is 7.12. The Kier molecular flexibility index (Phi) is 7.10. The summed E-state index contributed by atoms with van der Waals surface area (Å²) >= 11 is 1.43. The molecule has 1 aromatic heterocycles. The third kappa shape index (κ3) is 6.40. The van der Waals surface area contributed by atoms with Gasteiger partial charge in [0.2, 0.25) is 5.91 Å². The van der Waals surface area contributed by atoms with Crippen molar-refractivity contribution in [2.75, 3.05) is 17.2 Å². The number of carboxylic acids is 1. The van der Waals surface area contributed by atoms with Crippen LogP contribution in [0, 0.1) is 12.3 Å². The van der Waals surface area contributed by atoms with Gasteiger partial charge >= 0.3 is 5.97 Å². The van der Waals surface area contributed by atoms with E-state index in [-0.39, 0.29) is 18.9 Å². The Morgan fingerprint density at radius 1 is 1.21 bits per heavy atom. The number of thiophene rings is 1. The Labute approximate surface area is 165 Å². The summed E-state index contributed by atoms with van der Waals surface area (Å²) in [7, 11) is 0. The van der Waals surface area contributed by atoms with E-state index < -0.39 is 17.8 Å². The lowest BCUT2D eigenvalue weighted by molar-refractivity contribution is -0.136. The van der Waals surface area contributed by atoms with E-state index in [0.29, 0.717) is 23.4 Å². The Balaban J connectivity index is 1.93. The fourth-order valence-electron chi connectivity index (χ4n) is 2.43. The summed E-state index contributed by atoms with van der Waals surface area (Å²) in [4.78, 5) is 36.9. The molecular formula is C18H21N5O4S. The number of carboxylic acid groups (broad SMARTS) is 1. The monoisotopic (exact) mass is 403 g/mol. The number of carbonyl (C=O) groups excluding carboxylic acids is 2. The zero-order valence-corrected chi connectivity index (χ0v) is 16.0. The molecule has 0 saturated heterocycles. The summed E-state index contributed by atoms with van der Waals surface area (Å²) in [5.41, 5.74) is 6.63. The Bertz CT molecular complexity index is 909. The first-order valence-corrected chi connectivity index (χ1v) is 9.16. The van der Waals surface area contributed by atoms with Gasteiger partial charge in [-0.3, -0.25) is 19.8 Å². The van der Waals surface area contributed by atoms with E-state index in [1.165, 1.54) is 17.4 Å². The largest absolute Gasteiger partial charge is 0.481 e. The van der Waals surface area contributed by atoms with Gasteiger partial charge < -0.3 is 26.8 Å². The molecule has 2 rings (SSSR count). The maximum Gasteiger partial charge on any atom is 0.303 e. The van der Waals surface area contributed by atoms with E-state index in [1.54, 1.807) is 24.3 Å². The second kappa shape index (κ2) is 9.51. The van der Waals surface area contributed by atoms with E-state index >= 15 is 0 Å². The van der Waals surface area contributed by atoms with Gasteiger partial charge in [-0.25, -0.2) is 0 Å². The van der Waals surface area contributed by atoms with Gasteiger partial charge in [-0.1, -0.05) is 6.07 Å². The zero-order chi connectivity index (χ0) is 20.7. The number of guanidine groups is 1. The number of benzene rings is 1. The number of rotatable bonds is 8. The van der Waals surface area contributed by atoms with E-state index in [2.05, 4.69) is 16.0 Å². The van der Waals surface area contributed by atoms with E-state index in [9.17, 15) is 14.4 Å². The summed E-state index contributed by atoms with van der Waals surface area (Å²) < 4.78 is 0. The molecule has 9 nitrogen and oxygen atoms in total. The maximum absolute atomic E-state index is 12.2. The number of amides is 2. The highest BCUT2D eigenvalue weighted by Gasteiger charge is 2.13. The third-order valence-electron chi connectivity index (χ3n) is 3.59. The standard InChI is InChI=1S/C18H21N5O4S/c1-10-7-13(14(28-10)5-6-16(25)26)23-15(24)9-21-17(27)11-3-2-4-12(8-11)22-18(19)20/h2-4,7-8H,5-6,9H2,1H3,(H,21,27)(H,23,24)(H,25,26)(H4,19,20,22). The predicted molar refractivity (Wildman–Crippen MR) is 108 cm³/mol. The van der Waals surface area contributed by atoms with Crippen LogP contribution in [0.3, 0.4) is 0 Å². The quantitative estimate of drug-likeness (QED) is 0.291. The molecule has 0 radical (unpaired) electrons. The number of aryl methyl sites for hydroxylation is 2. The van der Waals surface area contributed by atoms with Crippen LogP contribution in [0.5, 0.6) is 0 Å². The molecule has 2 aromatic rings. The van der Waals surface area contributed by atoms with Crippen molar-refractivity contribution in [2.45, 2.75) is 19.8 Å². The van der Waals surface area contributed by atoms with Crippen LogP contribution in [0.4, 0.5) is 11.4 Å². The SMILES string of the molecule is Cc1cc(NC(=O)CNC(=O)c2cccc(NC(=N)N)c2)c(CCC(=O)O)s1. The van der Waals surface area contributed by atoms with Gasteiger partial charge in [0, 0.05) is 21.0 Å². The average Bonchev–Trinajstić information content (AvgIpc) is 2.96. The Hall–Kier alpha value is -3.40. The summed E-state index contributed by atoms with van der Waals surface area (Å²) in [6, 6.07) is 8.15. The molecular weight excluding hydrogens is 382 g/mol. The number of nitrogens with two attached hydrogens (primary N) is 1. The fraction of sp³-hybridized carbons (Fsp3) is 0.222. The molecule has 0 bridgehead atoms.